The quantitative estimate of drug-likeness (QED) is 0.487. The summed E-state index contributed by atoms with van der Waals surface area (Å²) < 4.78 is 13.2. The molecule has 0 N–H and O–H groups in total. The Balaban J connectivity index is 0.00000140. The molecular weight excluding hydrogens is 394 g/mol. The minimum absolute atomic E-state index is 0. The topological polar surface area (TPSA) is 15.6 Å². The van der Waals surface area contributed by atoms with Crippen LogP contribution in [-0.2, 0) is 0 Å². The number of hydrogen-bond acceptors (Lipinski definition) is 2. The van der Waals surface area contributed by atoms with Gasteiger partial charge in [0.1, 0.15) is 5.82 Å². The smallest absolute Gasteiger partial charge is 0.125 e. The van der Waals surface area contributed by atoms with E-state index in [1.165, 1.54) is 75.9 Å². The van der Waals surface area contributed by atoms with Crippen molar-refractivity contribution in [1.82, 2.24) is 0 Å². The number of hydrogen-bond donors (Lipinski definition) is 0. The number of anilines is 1. The molecule has 0 bridgehead atoms. The van der Waals surface area contributed by atoms with Crippen LogP contribution in [0.4, 0.5) is 15.8 Å². The molecule has 1 saturated heterocycles. The molecule has 0 amide bonds. The lowest BCUT2D eigenvalue weighted by Crippen LogP contribution is -2.41. The van der Waals surface area contributed by atoms with E-state index in [9.17, 15) is 4.39 Å². The summed E-state index contributed by atoms with van der Waals surface area (Å²) in [6.45, 7) is 2.35. The fourth-order valence-corrected chi connectivity index (χ4v) is 4.52. The summed E-state index contributed by atoms with van der Waals surface area (Å²) in [4.78, 5) is 6.88. The highest BCUT2D eigenvalue weighted by molar-refractivity contribution is 5.85. The molecule has 28 heavy (non-hydrogen) atoms. The zero-order valence-corrected chi connectivity index (χ0v) is 17.8. The lowest BCUT2D eigenvalue weighted by molar-refractivity contribution is 0.144. The van der Waals surface area contributed by atoms with Crippen LogP contribution in [0.2, 0.25) is 0 Å². The Morgan fingerprint density at radius 2 is 1.54 bits per heavy atom. The largest absolute Gasteiger partial charge is 0.371 e. The maximum atomic E-state index is 13.2. The van der Waals surface area contributed by atoms with Gasteiger partial charge >= 0.3 is 0 Å². The Morgan fingerprint density at radius 1 is 0.857 bits per heavy atom. The molecule has 152 valence electrons. The van der Waals surface area contributed by atoms with Crippen LogP contribution in [0.15, 0.2) is 53.5 Å². The minimum Gasteiger partial charge on any atom is -0.371 e. The molecule has 5 heteroatoms. The van der Waals surface area contributed by atoms with Crippen molar-refractivity contribution >= 4 is 42.4 Å². The van der Waals surface area contributed by atoms with E-state index in [2.05, 4.69) is 34.2 Å². The van der Waals surface area contributed by atoms with Crippen molar-refractivity contribution < 1.29 is 4.39 Å². The van der Waals surface area contributed by atoms with Crippen LogP contribution >= 0.6 is 24.8 Å². The Kier molecular flexibility index (Phi) is 8.33. The van der Waals surface area contributed by atoms with Gasteiger partial charge in [-0.15, -0.1) is 24.8 Å². The molecular formula is C23H29Cl2FN2. The molecule has 0 atom stereocenters. The van der Waals surface area contributed by atoms with E-state index >= 15 is 0 Å². The van der Waals surface area contributed by atoms with Gasteiger partial charge in [0.2, 0.25) is 0 Å². The number of rotatable bonds is 3. The number of nitrogens with zero attached hydrogens (tertiary/aromatic N) is 2. The van der Waals surface area contributed by atoms with Crippen LogP contribution in [-0.4, -0.2) is 19.3 Å². The Hall–Kier alpha value is -1.58. The molecule has 2 aliphatic rings. The molecule has 2 nitrogen and oxygen atoms in total. The maximum Gasteiger partial charge on any atom is 0.125 e. The normalized spacial score (nSPS) is 18.5. The fourth-order valence-electron chi connectivity index (χ4n) is 4.52. The van der Waals surface area contributed by atoms with Crippen LogP contribution in [0.1, 0.15) is 50.5 Å². The minimum atomic E-state index is -0.254. The standard InChI is InChI=1S/C23H27FN2.2ClH/c24-20-5-4-6-21(17-20)25-18-19-7-9-22(10-8-19)26-15-13-23(14-16-26)11-2-1-3-12-23;;/h4-10,17-18H,1-3,11-16H2;2*1H. The Bertz CT molecular complexity index is 760. The maximum absolute atomic E-state index is 13.2. The monoisotopic (exact) mass is 422 g/mol. The summed E-state index contributed by atoms with van der Waals surface area (Å²) in [5.41, 5.74) is 3.63. The first-order valence-electron chi connectivity index (χ1n) is 9.87. The molecule has 1 heterocycles. The van der Waals surface area contributed by atoms with Crippen molar-refractivity contribution in [3.05, 3.63) is 59.9 Å². The first-order chi connectivity index (χ1) is 12.7. The Labute approximate surface area is 180 Å². The predicted octanol–water partition coefficient (Wildman–Crippen LogP) is 6.97. The number of halogens is 3. The van der Waals surface area contributed by atoms with E-state index in [-0.39, 0.29) is 30.6 Å². The van der Waals surface area contributed by atoms with Crippen LogP contribution in [0, 0.1) is 11.2 Å². The highest BCUT2D eigenvalue weighted by Crippen LogP contribution is 2.45. The van der Waals surface area contributed by atoms with Gasteiger partial charge in [0.15, 0.2) is 0 Å². The SMILES string of the molecule is Cl.Cl.Fc1cccc(N=Cc2ccc(N3CCC4(CCCCC4)CC3)cc2)c1. The first kappa shape index (κ1) is 22.7. The molecule has 2 aromatic carbocycles. The molecule has 1 aliphatic carbocycles. The van der Waals surface area contributed by atoms with Gasteiger partial charge in [0.05, 0.1) is 5.69 Å². The zero-order chi connectivity index (χ0) is 17.8. The second-order valence-electron chi connectivity index (χ2n) is 7.88. The van der Waals surface area contributed by atoms with Crippen LogP contribution in [0.3, 0.4) is 0 Å². The zero-order valence-electron chi connectivity index (χ0n) is 16.1. The van der Waals surface area contributed by atoms with Gasteiger partial charge in [0, 0.05) is 25.0 Å². The average Bonchev–Trinajstić information content (AvgIpc) is 2.68. The molecule has 1 aliphatic heterocycles. The third-order valence-electron chi connectivity index (χ3n) is 6.17. The van der Waals surface area contributed by atoms with E-state index in [1.807, 2.05) is 6.07 Å². The van der Waals surface area contributed by atoms with E-state index in [0.717, 1.165) is 5.56 Å². The lowest BCUT2D eigenvalue weighted by Gasteiger charge is -2.45. The summed E-state index contributed by atoms with van der Waals surface area (Å²) in [5.74, 6) is -0.254. The third kappa shape index (κ3) is 5.48. The second kappa shape index (κ2) is 10.3. The summed E-state index contributed by atoms with van der Waals surface area (Å²) in [7, 11) is 0. The highest BCUT2D eigenvalue weighted by Gasteiger charge is 2.35. The molecule has 2 fully saturated rings. The molecule has 0 radical (unpaired) electrons. The van der Waals surface area contributed by atoms with Gasteiger partial charge < -0.3 is 4.90 Å². The summed E-state index contributed by atoms with van der Waals surface area (Å²) in [6, 6.07) is 14.9. The van der Waals surface area contributed by atoms with Crippen LogP contribution < -0.4 is 4.90 Å². The van der Waals surface area contributed by atoms with Gasteiger partial charge in [-0.1, -0.05) is 37.5 Å². The van der Waals surface area contributed by atoms with E-state index < -0.39 is 0 Å². The van der Waals surface area contributed by atoms with Gasteiger partial charge in [-0.05, 0) is 67.0 Å². The van der Waals surface area contributed by atoms with Gasteiger partial charge in [0.25, 0.3) is 0 Å². The van der Waals surface area contributed by atoms with Crippen molar-refractivity contribution in [2.45, 2.75) is 44.9 Å². The fraction of sp³-hybridized carbons (Fsp3) is 0.435. The van der Waals surface area contributed by atoms with Gasteiger partial charge in [-0.25, -0.2) is 4.39 Å². The summed E-state index contributed by atoms with van der Waals surface area (Å²) in [5, 5.41) is 0. The van der Waals surface area contributed by atoms with Crippen LogP contribution in [0.25, 0.3) is 0 Å². The predicted molar refractivity (Wildman–Crippen MR) is 122 cm³/mol. The van der Waals surface area contributed by atoms with Crippen molar-refractivity contribution in [2.24, 2.45) is 10.4 Å². The van der Waals surface area contributed by atoms with Crippen molar-refractivity contribution in [1.29, 1.82) is 0 Å². The lowest BCUT2D eigenvalue weighted by atomic mass is 9.68. The van der Waals surface area contributed by atoms with Crippen molar-refractivity contribution in [2.75, 3.05) is 18.0 Å². The molecule has 2 aromatic rings. The van der Waals surface area contributed by atoms with E-state index in [4.69, 9.17) is 0 Å². The molecule has 1 saturated carbocycles. The molecule has 0 aromatic heterocycles. The molecule has 4 rings (SSSR count). The van der Waals surface area contributed by atoms with E-state index in [1.54, 1.807) is 12.3 Å². The number of benzene rings is 2. The van der Waals surface area contributed by atoms with E-state index in [0.29, 0.717) is 11.1 Å². The second-order valence-corrected chi connectivity index (χ2v) is 7.88. The van der Waals surface area contributed by atoms with Gasteiger partial charge in [-0.3, -0.25) is 4.99 Å². The highest BCUT2D eigenvalue weighted by atomic mass is 35.5. The van der Waals surface area contributed by atoms with Crippen molar-refractivity contribution in [3.8, 4) is 0 Å². The van der Waals surface area contributed by atoms with Crippen molar-refractivity contribution in [3.63, 3.8) is 0 Å². The number of piperidine rings is 1. The number of aliphatic imine (C=N–C) groups is 1. The van der Waals surface area contributed by atoms with Gasteiger partial charge in [-0.2, -0.15) is 0 Å². The van der Waals surface area contributed by atoms with Crippen LogP contribution in [0.5, 0.6) is 0 Å². The Morgan fingerprint density at radius 3 is 2.18 bits per heavy atom. The summed E-state index contributed by atoms with van der Waals surface area (Å²) >= 11 is 0. The molecule has 1 spiro atoms. The average molecular weight is 423 g/mol. The summed E-state index contributed by atoms with van der Waals surface area (Å²) in [6.07, 6.45) is 11.7. The third-order valence-corrected chi connectivity index (χ3v) is 6.17. The molecule has 0 unspecified atom stereocenters. The first-order valence-corrected chi connectivity index (χ1v) is 9.87.